The van der Waals surface area contributed by atoms with Crippen LogP contribution in [0, 0.1) is 11.8 Å². The van der Waals surface area contributed by atoms with Gasteiger partial charge in [0.05, 0.1) is 19.8 Å². The molecule has 0 rings (SSSR count). The summed E-state index contributed by atoms with van der Waals surface area (Å²) in [6, 6.07) is 0. The minimum atomic E-state index is -0.378. The van der Waals surface area contributed by atoms with E-state index in [4.69, 9.17) is 19.9 Å². The average molecular weight is 372 g/mol. The molecule has 0 radical (unpaired) electrons. The van der Waals surface area contributed by atoms with Gasteiger partial charge in [0.25, 0.3) is 0 Å². The molecule has 26 heavy (non-hydrogen) atoms. The number of aliphatic hydroxyl groups is 1. The third kappa shape index (κ3) is 11.6. The van der Waals surface area contributed by atoms with Crippen molar-refractivity contribution in [3.8, 4) is 0 Å². The normalized spacial score (nSPS) is 15.2. The summed E-state index contributed by atoms with van der Waals surface area (Å²) >= 11 is 0. The van der Waals surface area contributed by atoms with Gasteiger partial charge in [0.15, 0.2) is 5.76 Å². The number of allylic oxidation sites excluding steroid dienone is 3. The van der Waals surface area contributed by atoms with Crippen LogP contribution in [0.2, 0.25) is 0 Å². The van der Waals surface area contributed by atoms with Crippen molar-refractivity contribution in [1.82, 2.24) is 0 Å². The Kier molecular flexibility index (Phi) is 15.5. The van der Waals surface area contributed by atoms with Crippen molar-refractivity contribution in [1.29, 1.82) is 0 Å². The predicted molar refractivity (Wildman–Crippen MR) is 108 cm³/mol. The van der Waals surface area contributed by atoms with E-state index >= 15 is 0 Å². The third-order valence-electron chi connectivity index (χ3n) is 4.64. The topological polar surface area (TPSA) is 73.9 Å². The van der Waals surface area contributed by atoms with Crippen molar-refractivity contribution in [2.45, 2.75) is 65.4 Å². The fraction of sp³-hybridized carbons (Fsp3) is 0.810. The Morgan fingerprint density at radius 1 is 1.12 bits per heavy atom. The molecule has 3 N–H and O–H groups in total. The lowest BCUT2D eigenvalue weighted by Crippen LogP contribution is -2.21. The number of ether oxygens (including phenoxy) is 3. The van der Waals surface area contributed by atoms with Crippen LogP contribution in [0.3, 0.4) is 0 Å². The Hall–Kier alpha value is -1.04. The largest absolute Gasteiger partial charge is 0.494 e. The van der Waals surface area contributed by atoms with Crippen molar-refractivity contribution >= 4 is 0 Å². The molecule has 0 saturated heterocycles. The Bertz CT molecular complexity index is 393. The number of hydrogen-bond acceptors (Lipinski definition) is 5. The van der Waals surface area contributed by atoms with Gasteiger partial charge in [-0.3, -0.25) is 0 Å². The first-order valence-corrected chi connectivity index (χ1v) is 9.93. The molecule has 154 valence electrons. The molecule has 0 aliphatic carbocycles. The Balaban J connectivity index is 4.54. The molecular weight excluding hydrogens is 330 g/mol. The molecule has 0 fully saturated rings. The first-order chi connectivity index (χ1) is 12.5. The highest BCUT2D eigenvalue weighted by molar-refractivity contribution is 5.16. The van der Waals surface area contributed by atoms with E-state index in [-0.39, 0.29) is 6.10 Å². The van der Waals surface area contributed by atoms with Crippen molar-refractivity contribution in [2.75, 3.05) is 34.0 Å². The fourth-order valence-electron chi connectivity index (χ4n) is 2.86. The molecule has 2 atom stereocenters. The lowest BCUT2D eigenvalue weighted by atomic mass is 9.86. The van der Waals surface area contributed by atoms with E-state index in [1.54, 1.807) is 14.2 Å². The summed E-state index contributed by atoms with van der Waals surface area (Å²) in [6.45, 7) is 8.23. The number of hydrogen-bond donors (Lipinski definition) is 2. The van der Waals surface area contributed by atoms with Crippen LogP contribution >= 0.6 is 0 Å². The quantitative estimate of drug-likeness (QED) is 0.243. The van der Waals surface area contributed by atoms with Gasteiger partial charge in [0.1, 0.15) is 5.76 Å². The highest BCUT2D eigenvalue weighted by atomic mass is 16.5. The molecule has 0 saturated carbocycles. The maximum absolute atomic E-state index is 9.67. The zero-order valence-corrected chi connectivity index (χ0v) is 17.5. The van der Waals surface area contributed by atoms with Crippen LogP contribution in [0.5, 0.6) is 0 Å². The Morgan fingerprint density at radius 2 is 1.85 bits per heavy atom. The molecule has 0 amide bonds. The summed E-state index contributed by atoms with van der Waals surface area (Å²) in [7, 11) is 3.38. The van der Waals surface area contributed by atoms with Gasteiger partial charge in [-0.15, -0.1) is 0 Å². The Labute approximate surface area is 160 Å². The standard InChI is InChI=1S/C21H41NO4/c1-6-20(26-15-9-14-24-4)21(25-5)11-8-7-10-18(17(2)3)12-13-19(23)16-22/h8,11,17-19,23H,6-7,9-10,12-16,22H2,1-5H3/b11-8-,21-20-/t18-,19?/m0/s1. The summed E-state index contributed by atoms with van der Waals surface area (Å²) in [5, 5.41) is 9.67. The van der Waals surface area contributed by atoms with Crippen molar-refractivity contribution in [3.05, 3.63) is 23.7 Å². The second-order valence-corrected chi connectivity index (χ2v) is 6.99. The van der Waals surface area contributed by atoms with Crippen LogP contribution in [-0.4, -0.2) is 45.2 Å². The van der Waals surface area contributed by atoms with Gasteiger partial charge in [0.2, 0.25) is 0 Å². The molecule has 0 aliphatic heterocycles. The van der Waals surface area contributed by atoms with Crippen LogP contribution in [-0.2, 0) is 14.2 Å². The first kappa shape index (κ1) is 25.0. The summed E-state index contributed by atoms with van der Waals surface area (Å²) < 4.78 is 16.4. The summed E-state index contributed by atoms with van der Waals surface area (Å²) in [5.74, 6) is 2.86. The summed E-state index contributed by atoms with van der Waals surface area (Å²) in [5.41, 5.74) is 5.50. The Morgan fingerprint density at radius 3 is 2.38 bits per heavy atom. The molecule has 5 nitrogen and oxygen atoms in total. The zero-order chi connectivity index (χ0) is 19.8. The van der Waals surface area contributed by atoms with E-state index in [0.717, 1.165) is 50.0 Å². The summed E-state index contributed by atoms with van der Waals surface area (Å²) in [4.78, 5) is 0. The molecule has 0 aromatic rings. The smallest absolute Gasteiger partial charge is 0.156 e. The SMILES string of the molecule is CC/C(OCCCOC)=C(\C=C/CC[C@@H](CCC(O)CN)C(C)C)OC. The molecule has 1 unspecified atom stereocenters. The van der Waals surface area contributed by atoms with Gasteiger partial charge in [-0.1, -0.05) is 26.8 Å². The molecule has 0 heterocycles. The van der Waals surface area contributed by atoms with Crippen molar-refractivity contribution in [3.63, 3.8) is 0 Å². The maximum atomic E-state index is 9.67. The number of rotatable bonds is 16. The van der Waals surface area contributed by atoms with E-state index in [2.05, 4.69) is 26.8 Å². The first-order valence-electron chi connectivity index (χ1n) is 9.93. The average Bonchev–Trinajstić information content (AvgIpc) is 2.64. The number of nitrogens with two attached hydrogens (primary N) is 1. The van der Waals surface area contributed by atoms with Gasteiger partial charge in [-0.25, -0.2) is 0 Å². The fourth-order valence-corrected chi connectivity index (χ4v) is 2.86. The summed E-state index contributed by atoms with van der Waals surface area (Å²) in [6.07, 6.45) is 9.33. The zero-order valence-electron chi connectivity index (χ0n) is 17.5. The molecule has 5 heteroatoms. The van der Waals surface area contributed by atoms with E-state index < -0.39 is 0 Å². The number of aliphatic hydroxyl groups excluding tert-OH is 1. The van der Waals surface area contributed by atoms with Gasteiger partial charge >= 0.3 is 0 Å². The predicted octanol–water partition coefficient (Wildman–Crippen LogP) is 4.02. The monoisotopic (exact) mass is 371 g/mol. The minimum absolute atomic E-state index is 0.344. The second-order valence-electron chi connectivity index (χ2n) is 6.99. The van der Waals surface area contributed by atoms with E-state index in [0.29, 0.717) is 31.6 Å². The van der Waals surface area contributed by atoms with Crippen LogP contribution in [0.25, 0.3) is 0 Å². The van der Waals surface area contributed by atoms with Crippen molar-refractivity contribution < 1.29 is 19.3 Å². The van der Waals surface area contributed by atoms with E-state index in [1.807, 2.05) is 6.08 Å². The number of methoxy groups -OCH3 is 2. The molecule has 0 spiro atoms. The lowest BCUT2D eigenvalue weighted by molar-refractivity contribution is 0.132. The van der Waals surface area contributed by atoms with Gasteiger partial charge < -0.3 is 25.1 Å². The third-order valence-corrected chi connectivity index (χ3v) is 4.64. The van der Waals surface area contributed by atoms with Gasteiger partial charge in [-0.2, -0.15) is 0 Å². The van der Waals surface area contributed by atoms with Gasteiger partial charge in [0, 0.05) is 33.1 Å². The highest BCUT2D eigenvalue weighted by Gasteiger charge is 2.14. The van der Waals surface area contributed by atoms with E-state index in [1.165, 1.54) is 0 Å². The second kappa shape index (κ2) is 16.2. The molecule has 0 aromatic heterocycles. The van der Waals surface area contributed by atoms with Gasteiger partial charge in [-0.05, 0) is 43.6 Å². The maximum Gasteiger partial charge on any atom is 0.156 e. The molecule has 0 aromatic carbocycles. The van der Waals surface area contributed by atoms with Crippen LogP contribution < -0.4 is 5.73 Å². The lowest BCUT2D eigenvalue weighted by Gasteiger charge is -2.21. The minimum Gasteiger partial charge on any atom is -0.494 e. The molecule has 0 bridgehead atoms. The van der Waals surface area contributed by atoms with Crippen molar-refractivity contribution in [2.24, 2.45) is 17.6 Å². The van der Waals surface area contributed by atoms with Crippen LogP contribution in [0.1, 0.15) is 59.3 Å². The van der Waals surface area contributed by atoms with Crippen LogP contribution in [0.15, 0.2) is 23.7 Å². The molecule has 0 aliphatic rings. The molecular formula is C21H41NO4. The van der Waals surface area contributed by atoms with Crippen LogP contribution in [0.4, 0.5) is 0 Å². The highest BCUT2D eigenvalue weighted by Crippen LogP contribution is 2.24. The van der Waals surface area contributed by atoms with E-state index in [9.17, 15) is 5.11 Å².